The molecule has 10 nitrogen and oxygen atoms in total. The molecule has 3 amide bonds. The van der Waals surface area contributed by atoms with Crippen LogP contribution in [0.1, 0.15) is 54.0 Å². The minimum Gasteiger partial charge on any atom is -0.425 e. The Morgan fingerprint density at radius 3 is 2.42 bits per heavy atom. The maximum atomic E-state index is 13.9. The van der Waals surface area contributed by atoms with E-state index in [-0.39, 0.29) is 36.7 Å². The summed E-state index contributed by atoms with van der Waals surface area (Å²) in [6, 6.07) is 19.5. The third-order valence-corrected chi connectivity index (χ3v) is 7.43. The van der Waals surface area contributed by atoms with Crippen molar-refractivity contribution < 1.29 is 18.8 Å². The molecular formula is C30H38N6O4. The number of aromatic nitrogens is 2. The van der Waals surface area contributed by atoms with Gasteiger partial charge in [0.05, 0.1) is 19.0 Å². The van der Waals surface area contributed by atoms with Crippen molar-refractivity contribution in [3.63, 3.8) is 0 Å². The summed E-state index contributed by atoms with van der Waals surface area (Å²) >= 11 is 0. The Labute approximate surface area is 234 Å². The summed E-state index contributed by atoms with van der Waals surface area (Å²) < 4.78 is 5.84. The molecule has 0 spiro atoms. The lowest BCUT2D eigenvalue weighted by Crippen LogP contribution is -2.53. The quantitative estimate of drug-likeness (QED) is 0.377. The van der Waals surface area contributed by atoms with Gasteiger partial charge in [-0.3, -0.25) is 14.4 Å². The molecule has 0 saturated carbocycles. The molecule has 2 heterocycles. The van der Waals surface area contributed by atoms with Crippen LogP contribution in [0.3, 0.4) is 0 Å². The normalized spacial score (nSPS) is 17.7. The number of hydrogen-bond acceptors (Lipinski definition) is 7. The van der Waals surface area contributed by atoms with Crippen LogP contribution < -0.4 is 11.1 Å². The minimum atomic E-state index is -0.726. The molecule has 1 saturated heterocycles. The molecule has 1 aliphatic rings. The SMILES string of the molecule is Cc1nnc(C2CN(C(=O)[C@@H](CCCc3ccccc3)NC(=O)CN(C)C(=O)CN)CC[C@@H]2c2ccccc2)o1. The first-order chi connectivity index (χ1) is 19.4. The van der Waals surface area contributed by atoms with E-state index < -0.39 is 11.9 Å². The summed E-state index contributed by atoms with van der Waals surface area (Å²) in [4.78, 5) is 41.8. The van der Waals surface area contributed by atoms with Crippen molar-refractivity contribution in [2.45, 2.75) is 50.5 Å². The van der Waals surface area contributed by atoms with Gasteiger partial charge in [0.2, 0.25) is 29.5 Å². The molecule has 3 N–H and O–H groups in total. The fourth-order valence-corrected chi connectivity index (χ4v) is 5.30. The van der Waals surface area contributed by atoms with Gasteiger partial charge in [0, 0.05) is 27.1 Å². The molecule has 10 heteroatoms. The molecule has 3 aromatic rings. The number of carbonyl (C=O) groups excluding carboxylic acids is 3. The van der Waals surface area contributed by atoms with Crippen LogP contribution in [0.2, 0.25) is 0 Å². The van der Waals surface area contributed by atoms with Gasteiger partial charge >= 0.3 is 0 Å². The number of piperidine rings is 1. The second-order valence-corrected chi connectivity index (χ2v) is 10.3. The van der Waals surface area contributed by atoms with Crippen molar-refractivity contribution in [2.75, 3.05) is 33.2 Å². The molecule has 212 valence electrons. The lowest BCUT2D eigenvalue weighted by molar-refractivity contribution is -0.139. The van der Waals surface area contributed by atoms with Crippen molar-refractivity contribution in [1.82, 2.24) is 25.3 Å². The third-order valence-electron chi connectivity index (χ3n) is 7.43. The van der Waals surface area contributed by atoms with Crippen LogP contribution in [0.5, 0.6) is 0 Å². The number of rotatable bonds is 11. The molecule has 1 unspecified atom stereocenters. The van der Waals surface area contributed by atoms with Gasteiger partial charge in [-0.1, -0.05) is 60.7 Å². The van der Waals surface area contributed by atoms with Crippen LogP contribution in [0.4, 0.5) is 0 Å². The summed E-state index contributed by atoms with van der Waals surface area (Å²) in [5.41, 5.74) is 7.76. The van der Waals surface area contributed by atoms with Gasteiger partial charge in [0.25, 0.3) is 0 Å². The number of carbonyl (C=O) groups is 3. The average Bonchev–Trinajstić information content (AvgIpc) is 3.42. The Morgan fingerprint density at radius 2 is 1.77 bits per heavy atom. The molecule has 1 aliphatic heterocycles. The predicted octanol–water partition coefficient (Wildman–Crippen LogP) is 2.40. The van der Waals surface area contributed by atoms with E-state index in [0.29, 0.717) is 37.7 Å². The highest BCUT2D eigenvalue weighted by Gasteiger charge is 2.38. The molecule has 0 radical (unpaired) electrons. The van der Waals surface area contributed by atoms with Gasteiger partial charge in [-0.2, -0.15) is 0 Å². The fourth-order valence-electron chi connectivity index (χ4n) is 5.30. The first kappa shape index (κ1) is 28.9. The molecule has 0 aliphatic carbocycles. The van der Waals surface area contributed by atoms with Crippen molar-refractivity contribution in [3.8, 4) is 0 Å². The van der Waals surface area contributed by atoms with Crippen LogP contribution >= 0.6 is 0 Å². The van der Waals surface area contributed by atoms with Crippen molar-refractivity contribution in [2.24, 2.45) is 5.73 Å². The number of nitrogens with two attached hydrogens (primary N) is 1. The van der Waals surface area contributed by atoms with E-state index in [0.717, 1.165) is 18.4 Å². The Balaban J connectivity index is 1.50. The van der Waals surface area contributed by atoms with E-state index in [4.69, 9.17) is 10.2 Å². The molecule has 3 atom stereocenters. The van der Waals surface area contributed by atoms with Crippen LogP contribution in [0, 0.1) is 6.92 Å². The Kier molecular flexibility index (Phi) is 10.0. The summed E-state index contributed by atoms with van der Waals surface area (Å²) in [6.07, 6.45) is 2.69. The second-order valence-electron chi connectivity index (χ2n) is 10.3. The minimum absolute atomic E-state index is 0.118. The van der Waals surface area contributed by atoms with E-state index in [2.05, 4.69) is 27.6 Å². The van der Waals surface area contributed by atoms with Crippen LogP contribution in [0.25, 0.3) is 0 Å². The van der Waals surface area contributed by atoms with Gasteiger partial charge < -0.3 is 25.3 Å². The number of nitrogens with zero attached hydrogens (tertiary/aromatic N) is 4. The van der Waals surface area contributed by atoms with Gasteiger partial charge in [-0.15, -0.1) is 10.2 Å². The smallest absolute Gasteiger partial charge is 0.245 e. The summed E-state index contributed by atoms with van der Waals surface area (Å²) in [5.74, 6) is 0.0423. The molecule has 1 aromatic heterocycles. The lowest BCUT2D eigenvalue weighted by atomic mass is 9.80. The summed E-state index contributed by atoms with van der Waals surface area (Å²) in [5, 5.41) is 11.2. The number of hydrogen-bond donors (Lipinski definition) is 2. The summed E-state index contributed by atoms with van der Waals surface area (Å²) in [6.45, 7) is 2.34. The van der Waals surface area contributed by atoms with Crippen LogP contribution in [-0.4, -0.2) is 77.0 Å². The van der Waals surface area contributed by atoms with Gasteiger partial charge in [0.1, 0.15) is 6.04 Å². The number of likely N-dealkylation sites (N-methyl/N-ethyl adjacent to an activating group) is 1. The monoisotopic (exact) mass is 546 g/mol. The van der Waals surface area contributed by atoms with Crippen LogP contribution in [0.15, 0.2) is 65.1 Å². The Hall–Kier alpha value is -4.05. The van der Waals surface area contributed by atoms with E-state index in [1.165, 1.54) is 17.5 Å². The van der Waals surface area contributed by atoms with Crippen molar-refractivity contribution in [3.05, 3.63) is 83.6 Å². The topological polar surface area (TPSA) is 135 Å². The van der Waals surface area contributed by atoms with Gasteiger partial charge in [0.15, 0.2) is 0 Å². The highest BCUT2D eigenvalue weighted by Crippen LogP contribution is 2.39. The number of benzene rings is 2. The lowest BCUT2D eigenvalue weighted by Gasteiger charge is -2.39. The zero-order valence-corrected chi connectivity index (χ0v) is 23.2. The highest BCUT2D eigenvalue weighted by molar-refractivity contribution is 5.90. The van der Waals surface area contributed by atoms with Crippen molar-refractivity contribution in [1.29, 1.82) is 0 Å². The summed E-state index contributed by atoms with van der Waals surface area (Å²) in [7, 11) is 1.52. The fraction of sp³-hybridized carbons (Fsp3) is 0.433. The molecule has 40 heavy (non-hydrogen) atoms. The number of amides is 3. The Morgan fingerprint density at radius 1 is 1.07 bits per heavy atom. The molecule has 2 aromatic carbocycles. The van der Waals surface area contributed by atoms with E-state index in [1.807, 2.05) is 48.5 Å². The first-order valence-corrected chi connectivity index (χ1v) is 13.8. The number of likely N-dealkylation sites (tertiary alicyclic amines) is 1. The van der Waals surface area contributed by atoms with E-state index in [1.54, 1.807) is 11.8 Å². The maximum absolute atomic E-state index is 13.9. The average molecular weight is 547 g/mol. The molecule has 0 bridgehead atoms. The van der Waals surface area contributed by atoms with E-state index in [9.17, 15) is 14.4 Å². The molecule has 1 fully saturated rings. The molecular weight excluding hydrogens is 508 g/mol. The Bertz CT molecular complexity index is 1270. The van der Waals surface area contributed by atoms with Crippen molar-refractivity contribution >= 4 is 17.7 Å². The third kappa shape index (κ3) is 7.53. The standard InChI is InChI=1S/C30H38N6O4/c1-21-33-34-29(40-21)25-19-36(17-16-24(25)23-13-7-4-8-14-23)30(39)26(15-9-12-22-10-5-3-6-11-22)32-27(37)20-35(2)28(38)18-31/h3-8,10-11,13-14,24-26H,9,12,15-20,31H2,1-2H3,(H,32,37)/t24-,25?,26-/m1/s1. The van der Waals surface area contributed by atoms with Crippen LogP contribution in [-0.2, 0) is 20.8 Å². The first-order valence-electron chi connectivity index (χ1n) is 13.8. The van der Waals surface area contributed by atoms with Gasteiger partial charge in [-0.25, -0.2) is 0 Å². The largest absolute Gasteiger partial charge is 0.425 e. The second kappa shape index (κ2) is 13.8. The molecule has 4 rings (SSSR count). The highest BCUT2D eigenvalue weighted by atomic mass is 16.4. The van der Waals surface area contributed by atoms with E-state index >= 15 is 0 Å². The maximum Gasteiger partial charge on any atom is 0.245 e. The predicted molar refractivity (Wildman–Crippen MR) is 150 cm³/mol. The number of aryl methyl sites for hydroxylation is 2. The zero-order valence-electron chi connectivity index (χ0n) is 23.2. The number of nitrogens with one attached hydrogen (secondary N) is 1. The zero-order chi connectivity index (χ0) is 28.5. The van der Waals surface area contributed by atoms with Gasteiger partial charge in [-0.05, 0) is 42.7 Å².